The fraction of sp³-hybridized carbons (Fsp3) is 0.300. The van der Waals surface area contributed by atoms with Crippen molar-refractivity contribution in [1.82, 2.24) is 10.1 Å². The van der Waals surface area contributed by atoms with Crippen molar-refractivity contribution in [1.29, 1.82) is 0 Å². The first-order chi connectivity index (χ1) is 12.7. The summed E-state index contributed by atoms with van der Waals surface area (Å²) in [5.41, 5.74) is 2.19. The molecule has 1 atom stereocenters. The van der Waals surface area contributed by atoms with Crippen LogP contribution in [0.5, 0.6) is 5.75 Å². The first-order valence-corrected chi connectivity index (χ1v) is 9.15. The largest absolute Gasteiger partial charge is 0.497 e. The van der Waals surface area contributed by atoms with Crippen LogP contribution in [0.25, 0.3) is 11.4 Å². The molecule has 3 aromatic rings. The third-order valence-electron chi connectivity index (χ3n) is 4.69. The molecule has 1 aromatic heterocycles. The Morgan fingerprint density at radius 2 is 1.81 bits per heavy atom. The second-order valence-corrected chi connectivity index (χ2v) is 7.09. The van der Waals surface area contributed by atoms with E-state index in [1.54, 1.807) is 7.11 Å². The van der Waals surface area contributed by atoms with Gasteiger partial charge in [0.2, 0.25) is 5.82 Å². The smallest absolute Gasteiger partial charge is 0.282 e. The Labute approximate surface area is 157 Å². The molecule has 1 fully saturated rings. The number of halogens is 1. The van der Waals surface area contributed by atoms with E-state index in [2.05, 4.69) is 22.3 Å². The van der Waals surface area contributed by atoms with Gasteiger partial charge in [-0.3, -0.25) is 0 Å². The van der Waals surface area contributed by atoms with Crippen LogP contribution in [-0.2, 0) is 13.1 Å². The number of hydrogen-bond donors (Lipinski definition) is 1. The minimum Gasteiger partial charge on any atom is -0.497 e. The van der Waals surface area contributed by atoms with Gasteiger partial charge in [-0.2, -0.15) is 4.98 Å². The fourth-order valence-corrected chi connectivity index (χ4v) is 3.21. The van der Waals surface area contributed by atoms with Crippen LogP contribution in [0.4, 0.5) is 0 Å². The third kappa shape index (κ3) is 4.06. The summed E-state index contributed by atoms with van der Waals surface area (Å²) in [6.07, 6.45) is 2.51. The maximum Gasteiger partial charge on any atom is 0.282 e. The molecule has 0 aliphatic heterocycles. The van der Waals surface area contributed by atoms with E-state index in [-0.39, 0.29) is 0 Å². The van der Waals surface area contributed by atoms with Crippen molar-refractivity contribution in [2.24, 2.45) is 0 Å². The zero-order chi connectivity index (χ0) is 17.9. The van der Waals surface area contributed by atoms with Crippen molar-refractivity contribution in [3.63, 3.8) is 0 Å². The van der Waals surface area contributed by atoms with Crippen LogP contribution in [0.15, 0.2) is 53.1 Å². The van der Waals surface area contributed by atoms with Gasteiger partial charge in [-0.15, -0.1) is 0 Å². The molecular weight excluding hydrogens is 350 g/mol. The molecule has 0 saturated heterocycles. The van der Waals surface area contributed by atoms with E-state index in [4.69, 9.17) is 20.9 Å². The molecular formula is C20H21ClN3O2+. The van der Waals surface area contributed by atoms with Crippen LogP contribution in [0.2, 0.25) is 5.02 Å². The molecule has 1 unspecified atom stereocenters. The summed E-state index contributed by atoms with van der Waals surface area (Å²) in [6.45, 7) is 1.67. The van der Waals surface area contributed by atoms with Crippen LogP contribution in [-0.4, -0.2) is 23.3 Å². The third-order valence-corrected chi connectivity index (χ3v) is 4.95. The molecule has 1 saturated carbocycles. The number of nitrogens with zero attached hydrogens (tertiary/aromatic N) is 2. The molecule has 2 aromatic carbocycles. The summed E-state index contributed by atoms with van der Waals surface area (Å²) in [6, 6.07) is 16.4. The van der Waals surface area contributed by atoms with Gasteiger partial charge in [-0.25, -0.2) is 0 Å². The summed E-state index contributed by atoms with van der Waals surface area (Å²) < 4.78 is 10.7. The summed E-state index contributed by atoms with van der Waals surface area (Å²) in [4.78, 5) is 6.03. The molecule has 0 bridgehead atoms. The van der Waals surface area contributed by atoms with E-state index in [1.807, 2.05) is 36.4 Å². The number of hydrogen-bond acceptors (Lipinski definition) is 4. The summed E-state index contributed by atoms with van der Waals surface area (Å²) >= 11 is 5.94. The molecule has 4 rings (SSSR count). The van der Waals surface area contributed by atoms with Gasteiger partial charge in [0.05, 0.1) is 13.2 Å². The van der Waals surface area contributed by atoms with Gasteiger partial charge in [0.15, 0.2) is 6.54 Å². The monoisotopic (exact) mass is 370 g/mol. The topological polar surface area (TPSA) is 52.6 Å². The van der Waals surface area contributed by atoms with Gasteiger partial charge in [0.1, 0.15) is 12.3 Å². The van der Waals surface area contributed by atoms with Crippen molar-refractivity contribution in [2.45, 2.75) is 32.0 Å². The second kappa shape index (κ2) is 7.48. The zero-order valence-corrected chi connectivity index (χ0v) is 15.4. The van der Waals surface area contributed by atoms with Gasteiger partial charge in [0, 0.05) is 29.0 Å². The molecule has 0 amide bonds. The predicted octanol–water partition coefficient (Wildman–Crippen LogP) is 3.15. The van der Waals surface area contributed by atoms with E-state index in [0.29, 0.717) is 22.8 Å². The standard InChI is InChI=1S/C20H20ClN3O2/c1-25-18-10-2-14(3-11-18)12-24(17-8-9-17)13-19-22-20(23-26-19)15-4-6-16(21)7-5-15/h2-7,10-11,17H,8-9,12-13H2,1H3/p+1. The van der Waals surface area contributed by atoms with Crippen molar-refractivity contribution < 1.29 is 14.2 Å². The quantitative estimate of drug-likeness (QED) is 0.694. The Hall–Kier alpha value is -2.37. The first-order valence-electron chi connectivity index (χ1n) is 8.77. The second-order valence-electron chi connectivity index (χ2n) is 6.65. The van der Waals surface area contributed by atoms with Crippen LogP contribution in [0.3, 0.4) is 0 Å². The lowest BCUT2D eigenvalue weighted by Crippen LogP contribution is -3.10. The molecule has 1 aliphatic carbocycles. The summed E-state index contributed by atoms with van der Waals surface area (Å²) in [5.74, 6) is 2.16. The van der Waals surface area contributed by atoms with Crippen LogP contribution < -0.4 is 9.64 Å². The highest BCUT2D eigenvalue weighted by molar-refractivity contribution is 6.30. The van der Waals surface area contributed by atoms with Crippen molar-refractivity contribution in [2.75, 3.05) is 7.11 Å². The molecule has 0 radical (unpaired) electrons. The first kappa shape index (κ1) is 17.1. The average molecular weight is 371 g/mol. The summed E-state index contributed by atoms with van der Waals surface area (Å²) in [5, 5.41) is 4.82. The number of methoxy groups -OCH3 is 1. The number of benzene rings is 2. The molecule has 0 spiro atoms. The lowest BCUT2D eigenvalue weighted by Gasteiger charge is -2.17. The SMILES string of the molecule is COc1ccc(C[NH+](Cc2nc(-c3ccc(Cl)cc3)no2)C2CC2)cc1. The number of nitrogens with one attached hydrogen (secondary N) is 1. The highest BCUT2D eigenvalue weighted by Crippen LogP contribution is 2.20. The van der Waals surface area contributed by atoms with Gasteiger partial charge in [-0.05, 0) is 48.5 Å². The van der Waals surface area contributed by atoms with E-state index in [9.17, 15) is 0 Å². The van der Waals surface area contributed by atoms with E-state index in [1.165, 1.54) is 23.3 Å². The molecule has 26 heavy (non-hydrogen) atoms. The van der Waals surface area contributed by atoms with Gasteiger partial charge in [0.25, 0.3) is 5.89 Å². The van der Waals surface area contributed by atoms with Crippen molar-refractivity contribution >= 4 is 11.6 Å². The Balaban J connectivity index is 1.46. The highest BCUT2D eigenvalue weighted by Gasteiger charge is 2.34. The maximum absolute atomic E-state index is 5.94. The molecule has 1 N–H and O–H groups in total. The van der Waals surface area contributed by atoms with E-state index >= 15 is 0 Å². The maximum atomic E-state index is 5.94. The molecule has 6 heteroatoms. The lowest BCUT2D eigenvalue weighted by molar-refractivity contribution is -0.939. The van der Waals surface area contributed by atoms with Crippen molar-refractivity contribution in [3.05, 3.63) is 65.0 Å². The molecule has 1 heterocycles. The molecule has 134 valence electrons. The normalized spacial score (nSPS) is 15.0. The van der Waals surface area contributed by atoms with Crippen LogP contribution >= 0.6 is 11.6 Å². The molecule has 1 aliphatic rings. The Morgan fingerprint density at radius 3 is 2.46 bits per heavy atom. The van der Waals surface area contributed by atoms with Gasteiger partial charge >= 0.3 is 0 Å². The van der Waals surface area contributed by atoms with E-state index < -0.39 is 0 Å². The minimum atomic E-state index is 0.608. The Kier molecular flexibility index (Phi) is 4.91. The van der Waals surface area contributed by atoms with Crippen LogP contribution in [0.1, 0.15) is 24.3 Å². The van der Waals surface area contributed by atoms with Crippen molar-refractivity contribution in [3.8, 4) is 17.1 Å². The Morgan fingerprint density at radius 1 is 1.08 bits per heavy atom. The minimum absolute atomic E-state index is 0.608. The van der Waals surface area contributed by atoms with Crippen LogP contribution in [0, 0.1) is 0 Å². The zero-order valence-electron chi connectivity index (χ0n) is 14.6. The Bertz CT molecular complexity index is 858. The number of ether oxygens (including phenoxy) is 1. The predicted molar refractivity (Wildman–Crippen MR) is 99.1 cm³/mol. The van der Waals surface area contributed by atoms with Gasteiger partial charge in [-0.1, -0.05) is 16.8 Å². The summed E-state index contributed by atoms with van der Waals surface area (Å²) in [7, 11) is 1.69. The average Bonchev–Trinajstić information content (AvgIpc) is 3.42. The molecule has 5 nitrogen and oxygen atoms in total. The van der Waals surface area contributed by atoms with Gasteiger partial charge < -0.3 is 14.2 Å². The highest BCUT2D eigenvalue weighted by atomic mass is 35.5. The number of rotatable bonds is 7. The number of aromatic nitrogens is 2. The lowest BCUT2D eigenvalue weighted by atomic mass is 10.2. The van der Waals surface area contributed by atoms with E-state index in [0.717, 1.165) is 24.4 Å². The fourth-order valence-electron chi connectivity index (χ4n) is 3.09. The number of quaternary nitrogens is 1.